The number of ether oxygens (including phenoxy) is 1. The second-order valence-electron chi connectivity index (χ2n) is 5.92. The van der Waals surface area contributed by atoms with E-state index < -0.39 is 5.92 Å². The highest BCUT2D eigenvalue weighted by Crippen LogP contribution is 2.43. The van der Waals surface area contributed by atoms with Crippen molar-refractivity contribution in [3.8, 4) is 0 Å². The number of carbonyl (C=O) groups is 2. The zero-order valence-electron chi connectivity index (χ0n) is 13.3. The van der Waals surface area contributed by atoms with Crippen LogP contribution in [0.1, 0.15) is 36.9 Å². The minimum Gasteiger partial charge on any atom is -0.465 e. The van der Waals surface area contributed by atoms with Crippen LogP contribution in [-0.4, -0.2) is 22.9 Å². The Labute approximate surface area is 130 Å². The van der Waals surface area contributed by atoms with Gasteiger partial charge in [-0.3, -0.25) is 9.59 Å². The van der Waals surface area contributed by atoms with Gasteiger partial charge in [-0.05, 0) is 31.9 Å². The number of rotatable bonds is 3. The average Bonchev–Trinajstić information content (AvgIpc) is 2.99. The van der Waals surface area contributed by atoms with Crippen molar-refractivity contribution in [1.29, 1.82) is 0 Å². The van der Waals surface area contributed by atoms with Crippen molar-refractivity contribution in [1.82, 2.24) is 4.57 Å². The number of ketones is 1. The lowest BCUT2D eigenvalue weighted by Gasteiger charge is -2.18. The Hall–Kier alpha value is -2.10. The van der Waals surface area contributed by atoms with Crippen LogP contribution in [0.25, 0.3) is 10.9 Å². The molecule has 2 aromatic rings. The summed E-state index contributed by atoms with van der Waals surface area (Å²) in [5.74, 6) is -1.08. The first-order valence-electron chi connectivity index (χ1n) is 7.79. The van der Waals surface area contributed by atoms with E-state index in [1.165, 1.54) is 0 Å². The van der Waals surface area contributed by atoms with E-state index in [4.69, 9.17) is 4.74 Å². The van der Waals surface area contributed by atoms with Crippen LogP contribution in [0.3, 0.4) is 0 Å². The van der Waals surface area contributed by atoms with Crippen molar-refractivity contribution in [2.75, 3.05) is 6.61 Å². The Kier molecular flexibility index (Phi) is 3.77. The van der Waals surface area contributed by atoms with Gasteiger partial charge in [-0.1, -0.05) is 18.2 Å². The molecule has 1 fully saturated rings. The molecule has 0 N–H and O–H groups in total. The van der Waals surface area contributed by atoms with Crippen LogP contribution >= 0.6 is 0 Å². The molecule has 0 bridgehead atoms. The summed E-state index contributed by atoms with van der Waals surface area (Å²) in [6, 6.07) is 8.15. The molecule has 0 saturated heterocycles. The molecule has 1 heterocycles. The summed E-state index contributed by atoms with van der Waals surface area (Å²) in [7, 11) is 2.03. The summed E-state index contributed by atoms with van der Waals surface area (Å²) in [6.07, 6.45) is 1.17. The van der Waals surface area contributed by atoms with Gasteiger partial charge in [-0.2, -0.15) is 0 Å². The van der Waals surface area contributed by atoms with E-state index in [1.807, 2.05) is 19.2 Å². The molecular weight excluding hydrogens is 278 g/mol. The number of aryl methyl sites for hydroxylation is 1. The van der Waals surface area contributed by atoms with Gasteiger partial charge in [0.2, 0.25) is 0 Å². The molecule has 1 aliphatic carbocycles. The number of fused-ring (bicyclic) bond motifs is 1. The van der Waals surface area contributed by atoms with E-state index in [0.29, 0.717) is 13.0 Å². The number of benzene rings is 1. The molecule has 2 atom stereocenters. The van der Waals surface area contributed by atoms with Crippen LogP contribution in [0.5, 0.6) is 0 Å². The minimum atomic E-state index is -0.649. The topological polar surface area (TPSA) is 48.3 Å². The quantitative estimate of drug-likeness (QED) is 0.646. The third-order valence-corrected chi connectivity index (χ3v) is 4.81. The maximum atomic E-state index is 12.2. The first-order valence-corrected chi connectivity index (χ1v) is 7.79. The van der Waals surface area contributed by atoms with Crippen LogP contribution in [0.2, 0.25) is 0 Å². The van der Waals surface area contributed by atoms with E-state index in [9.17, 15) is 9.59 Å². The summed E-state index contributed by atoms with van der Waals surface area (Å²) in [6.45, 7) is 4.14. The van der Waals surface area contributed by atoms with Gasteiger partial charge in [0.1, 0.15) is 11.7 Å². The Bertz CT molecular complexity index is 744. The van der Waals surface area contributed by atoms with E-state index in [-0.39, 0.29) is 17.7 Å². The molecule has 4 heteroatoms. The fourth-order valence-electron chi connectivity index (χ4n) is 3.70. The third kappa shape index (κ3) is 2.14. The number of esters is 1. The molecule has 0 aliphatic heterocycles. The molecule has 22 heavy (non-hydrogen) atoms. The van der Waals surface area contributed by atoms with E-state index in [2.05, 4.69) is 23.6 Å². The monoisotopic (exact) mass is 299 g/mol. The summed E-state index contributed by atoms with van der Waals surface area (Å²) < 4.78 is 7.27. The number of aromatic nitrogens is 1. The number of nitrogens with zero attached hydrogens (tertiary/aromatic N) is 1. The van der Waals surface area contributed by atoms with Crippen molar-refractivity contribution in [3.63, 3.8) is 0 Å². The highest BCUT2D eigenvalue weighted by atomic mass is 16.5. The number of para-hydroxylation sites is 1. The highest BCUT2D eigenvalue weighted by molar-refractivity contribution is 6.03. The lowest BCUT2D eigenvalue weighted by molar-refractivity contribution is -0.151. The summed E-state index contributed by atoms with van der Waals surface area (Å²) in [5.41, 5.74) is 3.38. The van der Waals surface area contributed by atoms with Gasteiger partial charge in [-0.15, -0.1) is 0 Å². The van der Waals surface area contributed by atoms with E-state index >= 15 is 0 Å². The predicted molar refractivity (Wildman–Crippen MR) is 84.8 cm³/mol. The van der Waals surface area contributed by atoms with Gasteiger partial charge in [-0.25, -0.2) is 0 Å². The largest absolute Gasteiger partial charge is 0.465 e. The molecule has 1 aliphatic rings. The Morgan fingerprint density at radius 2 is 2.09 bits per heavy atom. The van der Waals surface area contributed by atoms with Crippen molar-refractivity contribution >= 4 is 22.7 Å². The predicted octanol–water partition coefficient (Wildman–Crippen LogP) is 3.11. The van der Waals surface area contributed by atoms with Crippen molar-refractivity contribution in [2.45, 2.75) is 32.6 Å². The fourth-order valence-corrected chi connectivity index (χ4v) is 3.70. The number of hydrogen-bond donors (Lipinski definition) is 0. The Morgan fingerprint density at radius 1 is 1.36 bits per heavy atom. The van der Waals surface area contributed by atoms with Gasteiger partial charge in [0, 0.05) is 36.0 Å². The zero-order valence-corrected chi connectivity index (χ0v) is 13.3. The fraction of sp³-hybridized carbons (Fsp3) is 0.444. The smallest absolute Gasteiger partial charge is 0.317 e. The van der Waals surface area contributed by atoms with Crippen molar-refractivity contribution in [3.05, 3.63) is 35.5 Å². The highest BCUT2D eigenvalue weighted by Gasteiger charge is 2.43. The molecule has 4 nitrogen and oxygen atoms in total. The number of Topliss-reactive ketones (excluding diaryl/α,β-unsaturated/α-hetero) is 1. The first-order chi connectivity index (χ1) is 10.6. The van der Waals surface area contributed by atoms with Crippen LogP contribution in [-0.2, 0) is 21.4 Å². The van der Waals surface area contributed by atoms with Crippen molar-refractivity contribution < 1.29 is 14.3 Å². The molecule has 0 radical (unpaired) electrons. The van der Waals surface area contributed by atoms with Gasteiger partial charge < -0.3 is 9.30 Å². The maximum Gasteiger partial charge on any atom is 0.317 e. The van der Waals surface area contributed by atoms with Crippen LogP contribution in [0.4, 0.5) is 0 Å². The minimum absolute atomic E-state index is 0.00999. The second-order valence-corrected chi connectivity index (χ2v) is 5.92. The Balaban J connectivity index is 2.12. The lowest BCUT2D eigenvalue weighted by Crippen LogP contribution is -2.26. The molecular formula is C18H21NO3. The van der Waals surface area contributed by atoms with Gasteiger partial charge in [0.15, 0.2) is 0 Å². The molecule has 0 amide bonds. The summed E-state index contributed by atoms with van der Waals surface area (Å²) >= 11 is 0. The lowest BCUT2D eigenvalue weighted by atomic mass is 9.86. The summed E-state index contributed by atoms with van der Waals surface area (Å²) in [4.78, 5) is 24.5. The van der Waals surface area contributed by atoms with Crippen LogP contribution in [0.15, 0.2) is 24.3 Å². The van der Waals surface area contributed by atoms with Gasteiger partial charge in [0.25, 0.3) is 0 Å². The molecule has 1 aromatic carbocycles. The maximum absolute atomic E-state index is 12.2. The third-order valence-electron chi connectivity index (χ3n) is 4.81. The zero-order chi connectivity index (χ0) is 15.9. The number of carbonyl (C=O) groups excluding carboxylic acids is 2. The molecule has 0 spiro atoms. The molecule has 1 saturated carbocycles. The van der Waals surface area contributed by atoms with Crippen molar-refractivity contribution in [2.24, 2.45) is 13.0 Å². The van der Waals surface area contributed by atoms with E-state index in [0.717, 1.165) is 28.6 Å². The molecule has 0 unspecified atom stereocenters. The average molecular weight is 299 g/mol. The SMILES string of the molecule is CCOC(=O)[C@H]1C(=O)CC[C@@H]1c1c(C)n(C)c2ccccc12. The first kappa shape index (κ1) is 14.8. The second kappa shape index (κ2) is 5.59. The summed E-state index contributed by atoms with van der Waals surface area (Å²) in [5, 5.41) is 1.14. The normalized spacial score (nSPS) is 21.5. The van der Waals surface area contributed by atoms with Crippen LogP contribution < -0.4 is 0 Å². The van der Waals surface area contributed by atoms with Gasteiger partial charge >= 0.3 is 5.97 Å². The standard InChI is InChI=1S/C18H21NO3/c1-4-22-18(21)17-13(9-10-15(17)20)16-11(2)19(3)14-8-6-5-7-12(14)16/h5-8,13,17H,4,9-10H2,1-3H3/t13-,17-/m1/s1. The van der Waals surface area contributed by atoms with Crippen LogP contribution in [0, 0.1) is 12.8 Å². The molecule has 116 valence electrons. The van der Waals surface area contributed by atoms with E-state index in [1.54, 1.807) is 6.92 Å². The Morgan fingerprint density at radius 3 is 2.82 bits per heavy atom. The van der Waals surface area contributed by atoms with Gasteiger partial charge in [0.05, 0.1) is 6.61 Å². The molecule has 1 aromatic heterocycles. The number of hydrogen-bond acceptors (Lipinski definition) is 3. The molecule has 3 rings (SSSR count).